The lowest BCUT2D eigenvalue weighted by atomic mass is 9.74. The van der Waals surface area contributed by atoms with E-state index in [-0.39, 0.29) is 11.5 Å². The van der Waals surface area contributed by atoms with Gasteiger partial charge in [0.05, 0.1) is 36.6 Å². The highest BCUT2D eigenvalue weighted by atomic mass is 16.7. The van der Waals surface area contributed by atoms with Crippen LogP contribution in [0.3, 0.4) is 0 Å². The number of nitriles is 2. The van der Waals surface area contributed by atoms with Gasteiger partial charge in [-0.05, 0) is 12.8 Å². The smallest absolute Gasteiger partial charge is 0.0923 e. The maximum absolute atomic E-state index is 9.21. The summed E-state index contributed by atoms with van der Waals surface area (Å²) < 4.78 is 0. The zero-order valence-corrected chi connectivity index (χ0v) is 9.48. The molecule has 0 amide bonds. The average molecular weight is 219 g/mol. The highest BCUT2D eigenvalue weighted by Crippen LogP contribution is 2.43. The molecule has 2 rings (SSSR count). The Morgan fingerprint density at radius 2 is 2.00 bits per heavy atom. The molecule has 1 saturated heterocycles. The molecular formula is C12H17N3O. The summed E-state index contributed by atoms with van der Waals surface area (Å²) in [6.45, 7) is 1.14. The molecule has 0 N–H and O–H groups in total. The third kappa shape index (κ3) is 1.80. The Morgan fingerprint density at radius 3 is 2.62 bits per heavy atom. The Morgan fingerprint density at radius 1 is 1.25 bits per heavy atom. The Kier molecular flexibility index (Phi) is 3.43. The van der Waals surface area contributed by atoms with Gasteiger partial charge in [0, 0.05) is 6.54 Å². The standard InChI is InChI=1S/C12H17N3O/c13-7-4-8-15-12(5-2-1-3-6-12)11(9-14)10-16-15/h11H,1-6,8,10H2. The molecule has 1 atom stereocenters. The number of hydrogen-bond donors (Lipinski definition) is 0. The summed E-state index contributed by atoms with van der Waals surface area (Å²) in [6.07, 6.45) is 6.15. The number of hydroxylamine groups is 2. The topological polar surface area (TPSA) is 60.1 Å². The van der Waals surface area contributed by atoms with E-state index < -0.39 is 0 Å². The quantitative estimate of drug-likeness (QED) is 0.712. The fourth-order valence-electron chi connectivity index (χ4n) is 2.98. The van der Waals surface area contributed by atoms with Crippen LogP contribution in [0.1, 0.15) is 38.5 Å². The van der Waals surface area contributed by atoms with E-state index in [1.807, 2.05) is 5.06 Å². The first-order chi connectivity index (χ1) is 7.83. The summed E-state index contributed by atoms with van der Waals surface area (Å²) >= 11 is 0. The molecule has 1 saturated carbocycles. The first-order valence-corrected chi connectivity index (χ1v) is 6.00. The zero-order chi connectivity index (χ0) is 11.4. The molecule has 4 heteroatoms. The maximum atomic E-state index is 9.21. The van der Waals surface area contributed by atoms with Crippen LogP contribution in [-0.4, -0.2) is 23.8 Å². The molecule has 1 aliphatic heterocycles. The van der Waals surface area contributed by atoms with Gasteiger partial charge in [-0.2, -0.15) is 15.6 Å². The second-order valence-electron chi connectivity index (χ2n) is 4.65. The van der Waals surface area contributed by atoms with Crippen LogP contribution in [-0.2, 0) is 4.84 Å². The molecule has 1 aliphatic carbocycles. The predicted molar refractivity (Wildman–Crippen MR) is 57.8 cm³/mol. The molecule has 1 spiro atoms. The van der Waals surface area contributed by atoms with Gasteiger partial charge in [-0.3, -0.25) is 4.84 Å². The molecule has 0 bridgehead atoms. The van der Waals surface area contributed by atoms with Crippen molar-refractivity contribution < 1.29 is 4.84 Å². The second-order valence-corrected chi connectivity index (χ2v) is 4.65. The van der Waals surface area contributed by atoms with E-state index in [0.29, 0.717) is 19.6 Å². The van der Waals surface area contributed by atoms with Crippen LogP contribution in [0.5, 0.6) is 0 Å². The fourth-order valence-corrected chi connectivity index (χ4v) is 2.98. The van der Waals surface area contributed by atoms with Crippen molar-refractivity contribution in [2.24, 2.45) is 5.92 Å². The van der Waals surface area contributed by atoms with E-state index in [2.05, 4.69) is 12.1 Å². The first-order valence-electron chi connectivity index (χ1n) is 6.00. The molecule has 1 heterocycles. The average Bonchev–Trinajstić information content (AvgIpc) is 2.65. The summed E-state index contributed by atoms with van der Waals surface area (Å²) in [7, 11) is 0. The highest BCUT2D eigenvalue weighted by molar-refractivity contribution is 5.07. The van der Waals surface area contributed by atoms with E-state index in [9.17, 15) is 5.26 Å². The summed E-state index contributed by atoms with van der Waals surface area (Å²) in [5.74, 6) is -0.0218. The molecule has 0 aromatic rings. The van der Waals surface area contributed by atoms with E-state index in [0.717, 1.165) is 12.8 Å². The van der Waals surface area contributed by atoms with Crippen LogP contribution in [0.2, 0.25) is 0 Å². The maximum Gasteiger partial charge on any atom is 0.0923 e. The molecule has 4 nitrogen and oxygen atoms in total. The van der Waals surface area contributed by atoms with Crippen LogP contribution >= 0.6 is 0 Å². The Bertz CT molecular complexity index is 322. The minimum atomic E-state index is -0.0934. The number of hydrogen-bond acceptors (Lipinski definition) is 4. The first kappa shape index (κ1) is 11.4. The van der Waals surface area contributed by atoms with Crippen LogP contribution in [0.15, 0.2) is 0 Å². The van der Waals surface area contributed by atoms with Crippen molar-refractivity contribution in [3.8, 4) is 12.1 Å². The molecule has 16 heavy (non-hydrogen) atoms. The largest absolute Gasteiger partial charge is 0.297 e. The highest BCUT2D eigenvalue weighted by Gasteiger charge is 2.50. The lowest BCUT2D eigenvalue weighted by Crippen LogP contribution is -2.49. The van der Waals surface area contributed by atoms with Crippen LogP contribution in [0.4, 0.5) is 0 Å². The van der Waals surface area contributed by atoms with Gasteiger partial charge in [-0.1, -0.05) is 19.3 Å². The van der Waals surface area contributed by atoms with Gasteiger partial charge < -0.3 is 0 Å². The van der Waals surface area contributed by atoms with Crippen molar-refractivity contribution in [1.29, 1.82) is 10.5 Å². The predicted octanol–water partition coefficient (Wildman–Crippen LogP) is 1.99. The molecule has 2 aliphatic rings. The summed E-state index contributed by atoms with van der Waals surface area (Å²) in [5.41, 5.74) is -0.0934. The SMILES string of the molecule is N#CCCN1OCC(C#N)C12CCCCC2. The molecule has 0 aromatic heterocycles. The van der Waals surface area contributed by atoms with Crippen molar-refractivity contribution in [1.82, 2.24) is 5.06 Å². The van der Waals surface area contributed by atoms with Gasteiger partial charge in [0.25, 0.3) is 0 Å². The molecular weight excluding hydrogens is 202 g/mol. The Hall–Kier alpha value is -1.10. The lowest BCUT2D eigenvalue weighted by Gasteiger charge is -2.40. The van der Waals surface area contributed by atoms with E-state index >= 15 is 0 Å². The van der Waals surface area contributed by atoms with Gasteiger partial charge in [-0.15, -0.1) is 0 Å². The van der Waals surface area contributed by atoms with Crippen molar-refractivity contribution in [3.05, 3.63) is 0 Å². The van der Waals surface area contributed by atoms with E-state index in [4.69, 9.17) is 10.1 Å². The van der Waals surface area contributed by atoms with Gasteiger partial charge in [0.1, 0.15) is 0 Å². The minimum Gasteiger partial charge on any atom is -0.297 e. The summed E-state index contributed by atoms with van der Waals surface area (Å²) in [6, 6.07) is 4.53. The third-order valence-electron chi connectivity index (χ3n) is 3.84. The number of nitrogens with zero attached hydrogens (tertiary/aromatic N) is 3. The molecule has 0 radical (unpaired) electrons. The molecule has 86 valence electrons. The fraction of sp³-hybridized carbons (Fsp3) is 0.833. The van der Waals surface area contributed by atoms with Crippen molar-refractivity contribution in [3.63, 3.8) is 0 Å². The molecule has 0 aromatic carbocycles. The summed E-state index contributed by atoms with van der Waals surface area (Å²) in [5, 5.41) is 19.8. The Balaban J connectivity index is 2.13. The summed E-state index contributed by atoms with van der Waals surface area (Å²) in [4.78, 5) is 5.61. The minimum absolute atomic E-state index is 0.0218. The van der Waals surface area contributed by atoms with E-state index in [1.165, 1.54) is 19.3 Å². The zero-order valence-electron chi connectivity index (χ0n) is 9.48. The van der Waals surface area contributed by atoms with Gasteiger partial charge >= 0.3 is 0 Å². The molecule has 2 fully saturated rings. The van der Waals surface area contributed by atoms with Crippen LogP contribution < -0.4 is 0 Å². The van der Waals surface area contributed by atoms with Gasteiger partial charge in [-0.25, -0.2) is 0 Å². The van der Waals surface area contributed by atoms with Crippen LogP contribution in [0, 0.1) is 28.6 Å². The number of rotatable bonds is 2. The van der Waals surface area contributed by atoms with Crippen molar-refractivity contribution in [2.45, 2.75) is 44.1 Å². The molecule has 1 unspecified atom stereocenters. The van der Waals surface area contributed by atoms with Gasteiger partial charge in [0.15, 0.2) is 0 Å². The lowest BCUT2D eigenvalue weighted by molar-refractivity contribution is -0.171. The van der Waals surface area contributed by atoms with Crippen molar-refractivity contribution in [2.75, 3.05) is 13.2 Å². The van der Waals surface area contributed by atoms with Crippen LogP contribution in [0.25, 0.3) is 0 Å². The van der Waals surface area contributed by atoms with E-state index in [1.54, 1.807) is 0 Å². The van der Waals surface area contributed by atoms with Crippen molar-refractivity contribution >= 4 is 0 Å². The monoisotopic (exact) mass is 219 g/mol. The normalized spacial score (nSPS) is 28.8. The Labute approximate surface area is 96.4 Å². The second kappa shape index (κ2) is 4.82. The third-order valence-corrected chi connectivity index (χ3v) is 3.84. The van der Waals surface area contributed by atoms with Gasteiger partial charge in [0.2, 0.25) is 0 Å².